The molecule has 0 bridgehead atoms. The predicted octanol–water partition coefficient (Wildman–Crippen LogP) is 5.48. The minimum atomic E-state index is -0.732. The maximum absolute atomic E-state index is 14.2. The Morgan fingerprint density at radius 3 is 2.51 bits per heavy atom. The first-order chi connectivity index (χ1) is 17.7. The van der Waals surface area contributed by atoms with Gasteiger partial charge in [0.2, 0.25) is 5.91 Å². The number of rotatable bonds is 8. The number of hydrogen-bond acceptors (Lipinski definition) is 5. The second kappa shape index (κ2) is 11.5. The number of aryl methyl sites for hydroxylation is 2. The van der Waals surface area contributed by atoms with Crippen molar-refractivity contribution < 1.29 is 18.4 Å². The van der Waals surface area contributed by atoms with Crippen molar-refractivity contribution in [2.75, 3.05) is 11.1 Å². The van der Waals surface area contributed by atoms with E-state index in [1.165, 1.54) is 36.4 Å². The van der Waals surface area contributed by atoms with Gasteiger partial charge in [0.25, 0.3) is 5.91 Å². The quantitative estimate of drug-likeness (QED) is 0.288. The summed E-state index contributed by atoms with van der Waals surface area (Å²) in [6.07, 6.45) is 0. The number of anilines is 1. The van der Waals surface area contributed by atoms with Gasteiger partial charge in [-0.25, -0.2) is 8.78 Å². The van der Waals surface area contributed by atoms with Crippen LogP contribution in [0.3, 0.4) is 0 Å². The van der Waals surface area contributed by atoms with Crippen LogP contribution in [-0.4, -0.2) is 32.3 Å². The van der Waals surface area contributed by atoms with Gasteiger partial charge in [-0.1, -0.05) is 41.6 Å². The number of carbonyl (C=O) groups excluding carboxylic acids is 2. The topological polar surface area (TPSA) is 88.9 Å². The molecule has 7 nitrogen and oxygen atoms in total. The van der Waals surface area contributed by atoms with E-state index in [0.717, 1.165) is 34.6 Å². The van der Waals surface area contributed by atoms with Crippen molar-refractivity contribution in [2.24, 2.45) is 0 Å². The average Bonchev–Trinajstić information content (AvgIpc) is 3.27. The first kappa shape index (κ1) is 26.3. The Kier molecular flexibility index (Phi) is 8.20. The molecule has 3 aromatic carbocycles. The molecule has 2 amide bonds. The number of halogens is 3. The Hall–Kier alpha value is -3.76. The molecule has 0 spiro atoms. The summed E-state index contributed by atoms with van der Waals surface area (Å²) in [6, 6.07) is 15.3. The molecule has 1 aromatic heterocycles. The predicted molar refractivity (Wildman–Crippen MR) is 139 cm³/mol. The van der Waals surface area contributed by atoms with Gasteiger partial charge in [0, 0.05) is 5.69 Å². The molecule has 0 saturated carbocycles. The molecule has 1 heterocycles. The molecule has 11 heteroatoms. The van der Waals surface area contributed by atoms with Gasteiger partial charge in [-0.15, -0.1) is 10.2 Å². The Morgan fingerprint density at radius 2 is 1.78 bits per heavy atom. The smallest absolute Gasteiger partial charge is 0.256 e. The number of amides is 2. The molecule has 0 saturated heterocycles. The minimum Gasteiger partial charge on any atom is -0.345 e. The summed E-state index contributed by atoms with van der Waals surface area (Å²) in [5.74, 6) is -1.73. The highest BCUT2D eigenvalue weighted by Gasteiger charge is 2.20. The number of carbonyl (C=O) groups is 2. The minimum absolute atomic E-state index is 0.00286. The van der Waals surface area contributed by atoms with Crippen LogP contribution in [0.25, 0.3) is 5.69 Å². The fraction of sp³-hybridized carbons (Fsp3) is 0.154. The number of nitrogens with one attached hydrogen (secondary N) is 2. The van der Waals surface area contributed by atoms with Gasteiger partial charge in [0.05, 0.1) is 28.6 Å². The molecule has 4 rings (SSSR count). The molecule has 190 valence electrons. The molecule has 0 atom stereocenters. The Bertz CT molecular complexity index is 1440. The van der Waals surface area contributed by atoms with Gasteiger partial charge in [-0.05, 0) is 67.4 Å². The summed E-state index contributed by atoms with van der Waals surface area (Å²) in [7, 11) is 0. The third-order valence-electron chi connectivity index (χ3n) is 5.36. The lowest BCUT2D eigenvalue weighted by Crippen LogP contribution is -2.26. The van der Waals surface area contributed by atoms with Crippen LogP contribution in [0.4, 0.5) is 14.5 Å². The lowest BCUT2D eigenvalue weighted by Gasteiger charge is -2.14. The largest absolute Gasteiger partial charge is 0.345 e. The second-order valence-electron chi connectivity index (χ2n) is 8.15. The van der Waals surface area contributed by atoms with E-state index in [-0.39, 0.29) is 28.8 Å². The zero-order valence-electron chi connectivity index (χ0n) is 19.9. The van der Waals surface area contributed by atoms with E-state index < -0.39 is 17.5 Å². The Morgan fingerprint density at radius 1 is 1.03 bits per heavy atom. The SMILES string of the molecule is Cc1ccc(C)c(-n2c(CNC(=O)c3c(F)cccc3Cl)nnc2SCC(=O)Nc2ccc(F)cc2)c1. The van der Waals surface area contributed by atoms with Gasteiger partial charge in [-0.3, -0.25) is 14.2 Å². The summed E-state index contributed by atoms with van der Waals surface area (Å²) in [5.41, 5.74) is 2.91. The van der Waals surface area contributed by atoms with E-state index >= 15 is 0 Å². The Labute approximate surface area is 221 Å². The van der Waals surface area contributed by atoms with Crippen LogP contribution in [0.5, 0.6) is 0 Å². The van der Waals surface area contributed by atoms with Gasteiger partial charge in [-0.2, -0.15) is 0 Å². The van der Waals surface area contributed by atoms with Crippen molar-refractivity contribution in [1.82, 2.24) is 20.1 Å². The molecular formula is C26H22ClF2N5O2S. The lowest BCUT2D eigenvalue weighted by atomic mass is 10.1. The first-order valence-electron chi connectivity index (χ1n) is 11.2. The molecule has 4 aromatic rings. The molecule has 0 aliphatic rings. The van der Waals surface area contributed by atoms with Crippen molar-refractivity contribution in [3.05, 3.63) is 99.8 Å². The van der Waals surface area contributed by atoms with Crippen LogP contribution in [0, 0.1) is 25.5 Å². The van der Waals surface area contributed by atoms with Crippen LogP contribution in [0.15, 0.2) is 65.8 Å². The molecule has 0 aliphatic heterocycles. The second-order valence-corrected chi connectivity index (χ2v) is 9.50. The Balaban J connectivity index is 1.56. The molecule has 2 N–H and O–H groups in total. The summed E-state index contributed by atoms with van der Waals surface area (Å²) < 4.78 is 29.1. The maximum Gasteiger partial charge on any atom is 0.256 e. The van der Waals surface area contributed by atoms with Crippen molar-refractivity contribution >= 4 is 40.9 Å². The summed E-state index contributed by atoms with van der Waals surface area (Å²) in [5, 5.41) is 14.2. The molecule has 0 radical (unpaired) electrons. The number of nitrogens with zero attached hydrogens (tertiary/aromatic N) is 3. The highest BCUT2D eigenvalue weighted by molar-refractivity contribution is 7.99. The standard InChI is InChI=1S/C26H22ClF2N5O2S/c1-15-6-7-16(2)21(12-15)34-22(13-30-25(36)24-19(27)4-3-5-20(24)29)32-33-26(34)37-14-23(35)31-18-10-8-17(28)9-11-18/h3-12H,13-14H2,1-2H3,(H,30,36)(H,31,35). The third kappa shape index (κ3) is 6.33. The van der Waals surface area contributed by atoms with E-state index in [9.17, 15) is 18.4 Å². The van der Waals surface area contributed by atoms with Crippen LogP contribution in [0.2, 0.25) is 5.02 Å². The van der Waals surface area contributed by atoms with Crippen molar-refractivity contribution in [3.8, 4) is 5.69 Å². The summed E-state index contributed by atoms with van der Waals surface area (Å²) >= 11 is 7.17. The van der Waals surface area contributed by atoms with Crippen LogP contribution < -0.4 is 10.6 Å². The van der Waals surface area contributed by atoms with Crippen LogP contribution >= 0.6 is 23.4 Å². The maximum atomic E-state index is 14.2. The lowest BCUT2D eigenvalue weighted by molar-refractivity contribution is -0.113. The molecule has 0 aliphatic carbocycles. The number of benzene rings is 3. The summed E-state index contributed by atoms with van der Waals surface area (Å²) in [4.78, 5) is 25.2. The molecule has 0 fully saturated rings. The summed E-state index contributed by atoms with van der Waals surface area (Å²) in [6.45, 7) is 3.80. The van der Waals surface area contributed by atoms with Gasteiger partial charge in [0.1, 0.15) is 11.6 Å². The number of thioether (sulfide) groups is 1. The number of aromatic nitrogens is 3. The van der Waals surface area contributed by atoms with Gasteiger partial charge in [0.15, 0.2) is 11.0 Å². The molecule has 0 unspecified atom stereocenters. The van der Waals surface area contributed by atoms with Gasteiger partial charge >= 0.3 is 0 Å². The highest BCUT2D eigenvalue weighted by Crippen LogP contribution is 2.26. The van der Waals surface area contributed by atoms with Crippen molar-refractivity contribution in [1.29, 1.82) is 0 Å². The zero-order valence-corrected chi connectivity index (χ0v) is 21.5. The fourth-order valence-electron chi connectivity index (χ4n) is 3.53. The fourth-order valence-corrected chi connectivity index (χ4v) is 4.55. The third-order valence-corrected chi connectivity index (χ3v) is 6.61. The van der Waals surface area contributed by atoms with E-state index in [2.05, 4.69) is 20.8 Å². The van der Waals surface area contributed by atoms with E-state index in [1.54, 1.807) is 4.57 Å². The van der Waals surface area contributed by atoms with Crippen molar-refractivity contribution in [3.63, 3.8) is 0 Å². The highest BCUT2D eigenvalue weighted by atomic mass is 35.5. The van der Waals surface area contributed by atoms with E-state index in [1.807, 2.05) is 32.0 Å². The first-order valence-corrected chi connectivity index (χ1v) is 12.5. The van der Waals surface area contributed by atoms with Crippen LogP contribution in [-0.2, 0) is 11.3 Å². The van der Waals surface area contributed by atoms with E-state index in [0.29, 0.717) is 16.7 Å². The number of hydrogen-bond donors (Lipinski definition) is 2. The molecule has 37 heavy (non-hydrogen) atoms. The van der Waals surface area contributed by atoms with Gasteiger partial charge < -0.3 is 10.6 Å². The average molecular weight is 542 g/mol. The van der Waals surface area contributed by atoms with E-state index in [4.69, 9.17) is 11.6 Å². The monoisotopic (exact) mass is 541 g/mol. The normalized spacial score (nSPS) is 10.8. The van der Waals surface area contributed by atoms with Crippen molar-refractivity contribution in [2.45, 2.75) is 25.5 Å². The zero-order chi connectivity index (χ0) is 26.5. The molecular weight excluding hydrogens is 520 g/mol. The van der Waals surface area contributed by atoms with Crippen LogP contribution in [0.1, 0.15) is 27.3 Å².